The summed E-state index contributed by atoms with van der Waals surface area (Å²) in [5.41, 5.74) is 6.55. The Morgan fingerprint density at radius 3 is 2.33 bits per heavy atom. The van der Waals surface area contributed by atoms with Gasteiger partial charge in [0, 0.05) is 36.9 Å². The van der Waals surface area contributed by atoms with Crippen molar-refractivity contribution in [2.24, 2.45) is 0 Å². The number of nitrogens with zero attached hydrogens (tertiary/aromatic N) is 1. The van der Waals surface area contributed by atoms with Gasteiger partial charge in [0.1, 0.15) is 6.04 Å². The number of methoxy groups -OCH3 is 1. The fourth-order valence-corrected chi connectivity index (χ4v) is 6.82. The zero-order chi connectivity index (χ0) is 35.4. The van der Waals surface area contributed by atoms with Gasteiger partial charge in [0.05, 0.1) is 31.0 Å². The van der Waals surface area contributed by atoms with E-state index >= 15 is 0 Å². The van der Waals surface area contributed by atoms with Gasteiger partial charge in [-0.05, 0) is 57.6 Å². The highest BCUT2D eigenvalue weighted by atomic mass is 32.2. The van der Waals surface area contributed by atoms with E-state index in [1.54, 1.807) is 18.0 Å². The summed E-state index contributed by atoms with van der Waals surface area (Å²) in [6.07, 6.45) is 1.92. The first-order valence-electron chi connectivity index (χ1n) is 16.9. The summed E-state index contributed by atoms with van der Waals surface area (Å²) in [4.78, 5) is 29.7. The molecule has 262 valence electrons. The fraction of sp³-hybridized carbons (Fsp3) is 0.244. The minimum absolute atomic E-state index is 0.0112. The average molecular weight is 704 g/mol. The van der Waals surface area contributed by atoms with E-state index in [9.17, 15) is 14.7 Å². The Kier molecular flexibility index (Phi) is 12.5. The fourth-order valence-electron chi connectivity index (χ4n) is 5.94. The molecule has 0 saturated carbocycles. The van der Waals surface area contributed by atoms with Crippen LogP contribution in [0.15, 0.2) is 133 Å². The molecule has 2 heterocycles. The van der Waals surface area contributed by atoms with Gasteiger partial charge in [-0.25, -0.2) is 14.6 Å². The van der Waals surface area contributed by atoms with Crippen molar-refractivity contribution < 1.29 is 28.9 Å². The molecule has 9 nitrogen and oxygen atoms in total. The van der Waals surface area contributed by atoms with E-state index in [1.165, 1.54) is 7.11 Å². The highest BCUT2D eigenvalue weighted by molar-refractivity contribution is 7.99. The number of pyridine rings is 1. The van der Waals surface area contributed by atoms with Crippen LogP contribution in [0.5, 0.6) is 0 Å². The van der Waals surface area contributed by atoms with Crippen molar-refractivity contribution in [2.75, 3.05) is 12.9 Å². The van der Waals surface area contributed by atoms with Crippen LogP contribution in [0.3, 0.4) is 0 Å². The van der Waals surface area contributed by atoms with Crippen LogP contribution in [0.2, 0.25) is 0 Å². The van der Waals surface area contributed by atoms with E-state index in [1.807, 2.05) is 115 Å². The maximum atomic E-state index is 12.9. The van der Waals surface area contributed by atoms with Gasteiger partial charge in [0.15, 0.2) is 6.29 Å². The number of benzene rings is 4. The minimum Gasteiger partial charge on any atom is -0.467 e. The summed E-state index contributed by atoms with van der Waals surface area (Å²) in [6.45, 7) is 0.253. The number of aliphatic hydroxyl groups is 1. The molecule has 6 rings (SSSR count). The number of carbonyl (C=O) groups excluding carboxylic acids is 2. The molecule has 0 radical (unpaired) electrons. The van der Waals surface area contributed by atoms with E-state index in [4.69, 9.17) is 14.2 Å². The summed E-state index contributed by atoms with van der Waals surface area (Å²) in [7, 11) is 1.31. The van der Waals surface area contributed by atoms with Crippen molar-refractivity contribution in [3.05, 3.63) is 155 Å². The molecule has 3 N–H and O–H groups in total. The Labute approximate surface area is 302 Å². The SMILES string of the molecule is COC(=O)[C@H](Cc1ccccc1)NC(=O)NCc1cccc(-c2cccc([C@H]3O[C@@H](CSc4ccccn4)C[C@@H](c4ccc(CO)cc4)O3)c2)c1. The molecule has 4 atom stereocenters. The number of hydrogen-bond donors (Lipinski definition) is 3. The smallest absolute Gasteiger partial charge is 0.328 e. The highest BCUT2D eigenvalue weighted by Gasteiger charge is 2.32. The maximum absolute atomic E-state index is 12.9. The summed E-state index contributed by atoms with van der Waals surface area (Å²) in [5.74, 6) is 0.211. The molecular formula is C41H41N3O6S. The van der Waals surface area contributed by atoms with Gasteiger partial charge in [-0.3, -0.25) is 0 Å². The second-order valence-electron chi connectivity index (χ2n) is 12.2. The monoisotopic (exact) mass is 703 g/mol. The van der Waals surface area contributed by atoms with E-state index in [2.05, 4.69) is 21.7 Å². The number of aliphatic hydroxyl groups excluding tert-OH is 1. The number of hydrogen-bond acceptors (Lipinski definition) is 8. The molecule has 5 aromatic rings. The van der Waals surface area contributed by atoms with Gasteiger partial charge in [-0.1, -0.05) is 97.1 Å². The summed E-state index contributed by atoms with van der Waals surface area (Å²) in [6, 6.07) is 38.0. The Bertz CT molecular complexity index is 1880. The lowest BCUT2D eigenvalue weighted by atomic mass is 9.99. The van der Waals surface area contributed by atoms with Gasteiger partial charge in [-0.2, -0.15) is 0 Å². The van der Waals surface area contributed by atoms with Crippen molar-refractivity contribution in [1.82, 2.24) is 15.6 Å². The molecule has 0 bridgehead atoms. The molecule has 0 unspecified atom stereocenters. The van der Waals surface area contributed by atoms with E-state index in [0.717, 1.165) is 49.7 Å². The number of carbonyl (C=O) groups is 2. The minimum atomic E-state index is -0.816. The second kappa shape index (κ2) is 17.8. The number of amides is 2. The molecule has 1 aromatic heterocycles. The number of thioether (sulfide) groups is 1. The Balaban J connectivity index is 1.14. The third-order valence-corrected chi connectivity index (χ3v) is 9.69. The van der Waals surface area contributed by atoms with Crippen molar-refractivity contribution in [1.29, 1.82) is 0 Å². The zero-order valence-electron chi connectivity index (χ0n) is 28.3. The first-order chi connectivity index (χ1) is 25.0. The first-order valence-corrected chi connectivity index (χ1v) is 17.9. The van der Waals surface area contributed by atoms with Gasteiger partial charge in [-0.15, -0.1) is 11.8 Å². The number of esters is 1. The summed E-state index contributed by atoms with van der Waals surface area (Å²) in [5, 5.41) is 16.1. The van der Waals surface area contributed by atoms with Gasteiger partial charge >= 0.3 is 12.0 Å². The van der Waals surface area contributed by atoms with Gasteiger partial charge in [0.25, 0.3) is 0 Å². The number of nitrogens with one attached hydrogen (secondary N) is 2. The van der Waals surface area contributed by atoms with Crippen LogP contribution < -0.4 is 10.6 Å². The van der Waals surface area contributed by atoms with Gasteiger partial charge in [0.2, 0.25) is 0 Å². The summed E-state index contributed by atoms with van der Waals surface area (Å²) < 4.78 is 18.1. The normalized spacial score (nSPS) is 17.6. The Hall–Kier alpha value is -5.00. The Morgan fingerprint density at radius 2 is 1.59 bits per heavy atom. The predicted octanol–water partition coefficient (Wildman–Crippen LogP) is 7.16. The van der Waals surface area contributed by atoms with Crippen LogP contribution in [0.1, 0.15) is 46.6 Å². The van der Waals surface area contributed by atoms with E-state index in [-0.39, 0.29) is 25.4 Å². The van der Waals surface area contributed by atoms with E-state index in [0.29, 0.717) is 12.8 Å². The lowest BCUT2D eigenvalue weighted by Crippen LogP contribution is -2.47. The van der Waals surface area contributed by atoms with Crippen molar-refractivity contribution >= 4 is 23.8 Å². The third-order valence-electron chi connectivity index (χ3n) is 8.62. The number of urea groups is 1. The average Bonchev–Trinajstić information content (AvgIpc) is 3.19. The number of ether oxygens (including phenoxy) is 3. The van der Waals surface area contributed by atoms with Crippen LogP contribution in [-0.2, 0) is 38.6 Å². The largest absolute Gasteiger partial charge is 0.467 e. The molecule has 0 spiro atoms. The van der Waals surface area contributed by atoms with Crippen molar-refractivity contribution in [3.63, 3.8) is 0 Å². The molecule has 10 heteroatoms. The summed E-state index contributed by atoms with van der Waals surface area (Å²) >= 11 is 1.66. The van der Waals surface area contributed by atoms with Crippen LogP contribution in [0.4, 0.5) is 4.79 Å². The third kappa shape index (κ3) is 10.0. The second-order valence-corrected chi connectivity index (χ2v) is 13.3. The van der Waals surface area contributed by atoms with Crippen LogP contribution >= 0.6 is 11.8 Å². The topological polar surface area (TPSA) is 119 Å². The molecule has 0 aliphatic carbocycles. The lowest BCUT2D eigenvalue weighted by molar-refractivity contribution is -0.245. The van der Waals surface area contributed by atoms with Crippen molar-refractivity contribution in [3.8, 4) is 11.1 Å². The van der Waals surface area contributed by atoms with Crippen LogP contribution in [-0.4, -0.2) is 47.1 Å². The lowest BCUT2D eigenvalue weighted by Gasteiger charge is -2.36. The maximum Gasteiger partial charge on any atom is 0.328 e. The van der Waals surface area contributed by atoms with Crippen LogP contribution in [0, 0.1) is 0 Å². The first kappa shape index (κ1) is 35.8. The predicted molar refractivity (Wildman–Crippen MR) is 197 cm³/mol. The quantitative estimate of drug-likeness (QED) is 0.0874. The Morgan fingerprint density at radius 1 is 0.843 bits per heavy atom. The number of rotatable bonds is 13. The van der Waals surface area contributed by atoms with Crippen LogP contribution in [0.25, 0.3) is 11.1 Å². The standard InChI is InChI=1S/C41H41N3O6S/c1-48-39(46)36(22-28-9-3-2-4-10-28)44-41(47)43-25-30-11-7-12-32(21-30)33-13-8-14-34(23-33)40-49-35(27-51-38-15-5-6-20-42-38)24-37(50-40)31-18-16-29(26-45)17-19-31/h2-21,23,35-37,40,45H,22,24-27H2,1H3,(H2,43,44,47)/t35-,36+,37+,40+/m1/s1. The molecule has 51 heavy (non-hydrogen) atoms. The highest BCUT2D eigenvalue weighted by Crippen LogP contribution is 2.40. The van der Waals surface area contributed by atoms with Gasteiger partial charge < -0.3 is 30.0 Å². The molecule has 2 amide bonds. The zero-order valence-corrected chi connectivity index (χ0v) is 29.1. The van der Waals surface area contributed by atoms with Crippen molar-refractivity contribution in [2.45, 2.75) is 55.6 Å². The molecule has 1 fully saturated rings. The molecule has 1 aliphatic rings. The van der Waals surface area contributed by atoms with E-state index < -0.39 is 24.3 Å². The molecule has 1 aliphatic heterocycles. The molecule has 1 saturated heterocycles. The molecular weight excluding hydrogens is 663 g/mol. The number of aromatic nitrogens is 1. The molecule has 4 aromatic carbocycles.